The van der Waals surface area contributed by atoms with E-state index >= 15 is 0 Å². The van der Waals surface area contributed by atoms with E-state index in [4.69, 9.17) is 9.72 Å². The lowest BCUT2D eigenvalue weighted by Crippen LogP contribution is -2.30. The molecule has 0 fully saturated rings. The predicted octanol–water partition coefficient (Wildman–Crippen LogP) is 8.48. The van der Waals surface area contributed by atoms with E-state index in [1.165, 1.54) is 28.7 Å². The second-order valence-corrected chi connectivity index (χ2v) is 13.7. The average molecular weight is 726 g/mol. The third-order valence-electron chi connectivity index (χ3n) is 8.24. The molecule has 7 rings (SSSR count). The SMILES string of the molecule is CCOc1ccc2nc(N(Cc3ccccc3)C(=O)c3ccc(NC(=O)CSc4nnc(-c5ccncc5)n4-c4ccc(CC)cc4)cc3)sc2c1. The number of nitrogens with one attached hydrogen (secondary N) is 1. The highest BCUT2D eigenvalue weighted by molar-refractivity contribution is 7.99. The van der Waals surface area contributed by atoms with Gasteiger partial charge < -0.3 is 10.1 Å². The van der Waals surface area contributed by atoms with Crippen molar-refractivity contribution in [3.05, 3.63) is 138 Å². The molecular weight excluding hydrogens is 691 g/mol. The zero-order valence-corrected chi connectivity index (χ0v) is 30.2. The molecule has 52 heavy (non-hydrogen) atoms. The Morgan fingerprint density at radius 1 is 0.865 bits per heavy atom. The van der Waals surface area contributed by atoms with Crippen LogP contribution in [0.25, 0.3) is 27.3 Å². The summed E-state index contributed by atoms with van der Waals surface area (Å²) in [5, 5.41) is 13.0. The van der Waals surface area contributed by atoms with Gasteiger partial charge in [-0.05, 0) is 91.2 Å². The summed E-state index contributed by atoms with van der Waals surface area (Å²) >= 11 is 2.74. The van der Waals surface area contributed by atoms with Crippen molar-refractivity contribution >= 4 is 55.9 Å². The van der Waals surface area contributed by atoms with E-state index in [0.29, 0.717) is 40.5 Å². The minimum atomic E-state index is -0.211. The molecule has 3 aromatic heterocycles. The lowest BCUT2D eigenvalue weighted by Gasteiger charge is -2.20. The Labute approximate surface area is 309 Å². The lowest BCUT2D eigenvalue weighted by molar-refractivity contribution is -0.113. The van der Waals surface area contributed by atoms with Crippen molar-refractivity contribution in [3.8, 4) is 22.8 Å². The van der Waals surface area contributed by atoms with Gasteiger partial charge in [0.2, 0.25) is 5.91 Å². The first-order chi connectivity index (χ1) is 25.5. The summed E-state index contributed by atoms with van der Waals surface area (Å²) in [6.45, 7) is 4.98. The van der Waals surface area contributed by atoms with Crippen LogP contribution in [0.1, 0.15) is 35.3 Å². The van der Waals surface area contributed by atoms with Crippen LogP contribution in [0.15, 0.2) is 127 Å². The lowest BCUT2D eigenvalue weighted by atomic mass is 10.1. The fourth-order valence-corrected chi connectivity index (χ4v) is 7.34. The zero-order valence-electron chi connectivity index (χ0n) is 28.6. The molecule has 3 heterocycles. The molecule has 0 atom stereocenters. The first-order valence-electron chi connectivity index (χ1n) is 16.9. The minimum absolute atomic E-state index is 0.107. The number of fused-ring (bicyclic) bond motifs is 1. The first-order valence-corrected chi connectivity index (χ1v) is 18.7. The van der Waals surface area contributed by atoms with Crippen molar-refractivity contribution in [2.45, 2.75) is 32.0 Å². The van der Waals surface area contributed by atoms with E-state index in [1.54, 1.807) is 41.6 Å². The molecule has 0 aliphatic heterocycles. The summed E-state index contributed by atoms with van der Waals surface area (Å²) in [6.07, 6.45) is 4.36. The summed E-state index contributed by atoms with van der Waals surface area (Å²) in [5.41, 5.74) is 5.83. The summed E-state index contributed by atoms with van der Waals surface area (Å²) in [7, 11) is 0. The number of rotatable bonds is 13. The Kier molecular flexibility index (Phi) is 10.6. The number of aryl methyl sites for hydroxylation is 1. The van der Waals surface area contributed by atoms with Crippen LogP contribution >= 0.6 is 23.1 Å². The van der Waals surface area contributed by atoms with Gasteiger partial charge in [0.25, 0.3) is 5.91 Å². The van der Waals surface area contributed by atoms with Gasteiger partial charge in [0.1, 0.15) is 5.75 Å². The number of carbonyl (C=O) groups is 2. The van der Waals surface area contributed by atoms with Crippen molar-refractivity contribution in [3.63, 3.8) is 0 Å². The molecule has 0 saturated carbocycles. The number of thioether (sulfide) groups is 1. The molecule has 7 aromatic rings. The van der Waals surface area contributed by atoms with Gasteiger partial charge in [-0.15, -0.1) is 10.2 Å². The highest BCUT2D eigenvalue weighted by Gasteiger charge is 2.23. The van der Waals surface area contributed by atoms with Crippen molar-refractivity contribution in [1.29, 1.82) is 0 Å². The number of pyridine rings is 1. The predicted molar refractivity (Wildman–Crippen MR) is 208 cm³/mol. The number of hydrogen-bond donors (Lipinski definition) is 1. The maximum atomic E-state index is 14.0. The average Bonchev–Trinajstić information content (AvgIpc) is 3.81. The van der Waals surface area contributed by atoms with Gasteiger partial charge >= 0.3 is 0 Å². The third kappa shape index (κ3) is 7.88. The van der Waals surface area contributed by atoms with Crippen LogP contribution in [0.3, 0.4) is 0 Å². The van der Waals surface area contributed by atoms with E-state index in [0.717, 1.165) is 39.2 Å². The molecule has 0 spiro atoms. The fraction of sp³-hybridized carbons (Fsp3) is 0.150. The topological polar surface area (TPSA) is 115 Å². The number of hydrogen-bond acceptors (Lipinski definition) is 9. The van der Waals surface area contributed by atoms with E-state index < -0.39 is 0 Å². The van der Waals surface area contributed by atoms with Gasteiger partial charge in [0.05, 0.1) is 29.1 Å². The fourth-order valence-electron chi connectivity index (χ4n) is 5.60. The van der Waals surface area contributed by atoms with Gasteiger partial charge in [-0.1, -0.05) is 72.5 Å². The zero-order chi connectivity index (χ0) is 35.9. The van der Waals surface area contributed by atoms with Crippen LogP contribution in [-0.4, -0.2) is 48.9 Å². The van der Waals surface area contributed by atoms with E-state index in [1.807, 2.05) is 84.3 Å². The quantitative estimate of drug-likeness (QED) is 0.118. The molecular formula is C40H35N7O3S2. The van der Waals surface area contributed by atoms with E-state index in [9.17, 15) is 9.59 Å². The highest BCUT2D eigenvalue weighted by atomic mass is 32.2. The van der Waals surface area contributed by atoms with Crippen molar-refractivity contribution in [2.75, 3.05) is 22.6 Å². The van der Waals surface area contributed by atoms with E-state index in [2.05, 4.69) is 39.6 Å². The van der Waals surface area contributed by atoms with Gasteiger partial charge in [-0.25, -0.2) is 4.98 Å². The maximum Gasteiger partial charge on any atom is 0.260 e. The standard InChI is InChI=1S/C40H35N7O3S2/c1-3-27-10-16-32(17-11-27)47-37(29-20-22-41-23-21-29)44-45-40(47)51-26-36(48)42-31-14-12-30(13-15-31)38(49)46(25-28-8-6-5-7-9-28)39-43-34-19-18-33(50-4-2)24-35(34)52-39/h5-24H,3-4,25-26H2,1-2H3,(H,42,48). The molecule has 1 N–H and O–H groups in total. The first kappa shape index (κ1) is 34.6. The Morgan fingerprint density at radius 2 is 1.63 bits per heavy atom. The molecule has 2 amide bonds. The Hall–Kier alpha value is -5.85. The number of anilines is 2. The van der Waals surface area contributed by atoms with Crippen molar-refractivity contribution < 1.29 is 14.3 Å². The summed E-state index contributed by atoms with van der Waals surface area (Å²) < 4.78 is 8.57. The number of thiazole rings is 1. The maximum absolute atomic E-state index is 14.0. The van der Waals surface area contributed by atoms with Crippen LogP contribution in [0.2, 0.25) is 0 Å². The third-order valence-corrected chi connectivity index (χ3v) is 10.2. The monoisotopic (exact) mass is 725 g/mol. The molecule has 4 aromatic carbocycles. The number of benzene rings is 4. The van der Waals surface area contributed by atoms with Gasteiger partial charge in [0.15, 0.2) is 16.1 Å². The second kappa shape index (κ2) is 16.0. The van der Waals surface area contributed by atoms with Crippen molar-refractivity contribution in [2.24, 2.45) is 0 Å². The van der Waals surface area contributed by atoms with Gasteiger partial charge in [0, 0.05) is 34.9 Å². The summed E-state index contributed by atoms with van der Waals surface area (Å²) in [5.74, 6) is 1.13. The van der Waals surface area contributed by atoms with Gasteiger partial charge in [-0.2, -0.15) is 0 Å². The molecule has 260 valence electrons. The smallest absolute Gasteiger partial charge is 0.260 e. The highest BCUT2D eigenvalue weighted by Crippen LogP contribution is 2.34. The molecule has 0 aliphatic rings. The molecule has 10 nitrogen and oxygen atoms in total. The number of amides is 2. The van der Waals surface area contributed by atoms with E-state index in [-0.39, 0.29) is 17.6 Å². The Balaban J connectivity index is 1.06. The molecule has 12 heteroatoms. The van der Waals surface area contributed by atoms with Crippen LogP contribution < -0.4 is 15.0 Å². The Bertz CT molecular complexity index is 2290. The minimum Gasteiger partial charge on any atom is -0.494 e. The normalized spacial score (nSPS) is 11.0. The molecule has 0 aliphatic carbocycles. The number of ether oxygens (including phenoxy) is 1. The number of aromatic nitrogens is 5. The van der Waals surface area contributed by atoms with Crippen LogP contribution in [0.4, 0.5) is 10.8 Å². The second-order valence-electron chi connectivity index (χ2n) is 11.7. The molecule has 0 unspecified atom stereocenters. The largest absolute Gasteiger partial charge is 0.494 e. The van der Waals surface area contributed by atoms with Crippen LogP contribution in [0, 0.1) is 0 Å². The molecule has 0 radical (unpaired) electrons. The number of nitrogens with zero attached hydrogens (tertiary/aromatic N) is 6. The van der Waals surface area contributed by atoms with Crippen LogP contribution in [0.5, 0.6) is 5.75 Å². The van der Waals surface area contributed by atoms with Crippen LogP contribution in [-0.2, 0) is 17.8 Å². The molecule has 0 saturated heterocycles. The summed E-state index contributed by atoms with van der Waals surface area (Å²) in [4.78, 5) is 37.8. The summed E-state index contributed by atoms with van der Waals surface area (Å²) in [6, 6.07) is 34.5. The number of carbonyl (C=O) groups excluding carboxylic acids is 2. The molecule has 0 bridgehead atoms. The van der Waals surface area contributed by atoms with Crippen molar-refractivity contribution in [1.82, 2.24) is 24.7 Å². The Morgan fingerprint density at radius 3 is 2.37 bits per heavy atom. The van der Waals surface area contributed by atoms with Gasteiger partial charge in [-0.3, -0.25) is 24.0 Å².